The number of nitrogens with one attached hydrogen (secondary N) is 1. The molecule has 1 atom stereocenters. The van der Waals surface area contributed by atoms with Gasteiger partial charge in [0.25, 0.3) is 0 Å². The van der Waals surface area contributed by atoms with E-state index in [1.54, 1.807) is 4.90 Å². The number of carbonyl (C=O) groups is 2. The summed E-state index contributed by atoms with van der Waals surface area (Å²) in [4.78, 5) is 26.5. The van der Waals surface area contributed by atoms with Gasteiger partial charge in [-0.3, -0.25) is 9.59 Å². The Morgan fingerprint density at radius 3 is 2.60 bits per heavy atom. The fourth-order valence-electron chi connectivity index (χ4n) is 2.97. The Balaban J connectivity index is 1.67. The Morgan fingerprint density at radius 1 is 1.20 bits per heavy atom. The van der Waals surface area contributed by atoms with Gasteiger partial charge >= 0.3 is 0 Å². The second-order valence-corrected chi connectivity index (χ2v) is 6.14. The van der Waals surface area contributed by atoms with Gasteiger partial charge in [0.05, 0.1) is 12.5 Å². The Hall–Kier alpha value is -2.82. The van der Waals surface area contributed by atoms with Gasteiger partial charge in [0.15, 0.2) is 0 Å². The number of aryl methyl sites for hydroxylation is 1. The van der Waals surface area contributed by atoms with Crippen LogP contribution >= 0.6 is 0 Å². The summed E-state index contributed by atoms with van der Waals surface area (Å²) in [6.07, 6.45) is 0.227. The van der Waals surface area contributed by atoms with Crippen molar-refractivity contribution >= 4 is 23.2 Å². The zero-order valence-electron chi connectivity index (χ0n) is 14.5. The minimum absolute atomic E-state index is 0.0332. The molecule has 0 bridgehead atoms. The topological polar surface area (TPSA) is 58.6 Å². The van der Waals surface area contributed by atoms with Crippen LogP contribution in [0.1, 0.15) is 18.9 Å². The van der Waals surface area contributed by atoms with Gasteiger partial charge in [-0.1, -0.05) is 18.2 Å². The van der Waals surface area contributed by atoms with Crippen molar-refractivity contribution in [3.8, 4) is 5.75 Å². The zero-order chi connectivity index (χ0) is 17.8. The molecule has 25 heavy (non-hydrogen) atoms. The number of benzene rings is 2. The summed E-state index contributed by atoms with van der Waals surface area (Å²) in [6.45, 7) is 4.87. The van der Waals surface area contributed by atoms with Crippen LogP contribution in [-0.4, -0.2) is 25.0 Å². The maximum Gasteiger partial charge on any atom is 0.229 e. The average molecular weight is 338 g/mol. The molecule has 130 valence electrons. The van der Waals surface area contributed by atoms with Crippen LogP contribution in [0, 0.1) is 12.8 Å². The predicted molar refractivity (Wildman–Crippen MR) is 97.9 cm³/mol. The third kappa shape index (κ3) is 3.82. The molecule has 1 N–H and O–H groups in total. The lowest BCUT2D eigenvalue weighted by Gasteiger charge is -2.17. The number of hydrogen-bond donors (Lipinski definition) is 1. The minimum atomic E-state index is -0.348. The van der Waals surface area contributed by atoms with Crippen LogP contribution in [0.15, 0.2) is 48.5 Å². The molecule has 1 aliphatic rings. The van der Waals surface area contributed by atoms with E-state index in [0.717, 1.165) is 22.7 Å². The highest BCUT2D eigenvalue weighted by Crippen LogP contribution is 2.28. The lowest BCUT2D eigenvalue weighted by atomic mass is 10.1. The summed E-state index contributed by atoms with van der Waals surface area (Å²) >= 11 is 0. The molecule has 2 aromatic carbocycles. The number of hydrogen-bond acceptors (Lipinski definition) is 3. The van der Waals surface area contributed by atoms with Crippen molar-refractivity contribution in [1.82, 2.24) is 0 Å². The van der Waals surface area contributed by atoms with Crippen LogP contribution in [0.3, 0.4) is 0 Å². The van der Waals surface area contributed by atoms with Crippen molar-refractivity contribution in [1.29, 1.82) is 0 Å². The van der Waals surface area contributed by atoms with E-state index in [2.05, 4.69) is 5.32 Å². The first-order chi connectivity index (χ1) is 12.1. The Bertz CT molecular complexity index is 771. The van der Waals surface area contributed by atoms with Crippen LogP contribution in [0.2, 0.25) is 0 Å². The van der Waals surface area contributed by atoms with E-state index in [4.69, 9.17) is 4.74 Å². The molecule has 0 aliphatic carbocycles. The second kappa shape index (κ2) is 7.38. The van der Waals surface area contributed by atoms with Crippen molar-refractivity contribution in [2.75, 3.05) is 23.4 Å². The molecule has 0 aromatic heterocycles. The van der Waals surface area contributed by atoms with Crippen LogP contribution in [0.5, 0.6) is 5.75 Å². The lowest BCUT2D eigenvalue weighted by molar-refractivity contribution is -0.122. The maximum atomic E-state index is 12.5. The highest BCUT2D eigenvalue weighted by atomic mass is 16.5. The first-order valence-electron chi connectivity index (χ1n) is 8.48. The van der Waals surface area contributed by atoms with E-state index in [9.17, 15) is 9.59 Å². The van der Waals surface area contributed by atoms with Gasteiger partial charge in [0.1, 0.15) is 5.75 Å². The maximum absolute atomic E-state index is 12.5. The lowest BCUT2D eigenvalue weighted by Crippen LogP contribution is -2.28. The molecule has 1 heterocycles. The first-order valence-corrected chi connectivity index (χ1v) is 8.48. The molecule has 2 aromatic rings. The standard InChI is InChI=1S/C20H22N2O3/c1-3-25-17-10-8-16(9-11-17)22-13-15(12-19(22)23)20(24)21-18-7-5-4-6-14(18)2/h4-11,15H,3,12-13H2,1-2H3,(H,21,24)/t15-/m1/s1. The summed E-state index contributed by atoms with van der Waals surface area (Å²) in [5, 5.41) is 2.93. The highest BCUT2D eigenvalue weighted by molar-refractivity contribution is 6.03. The molecule has 0 saturated carbocycles. The highest BCUT2D eigenvalue weighted by Gasteiger charge is 2.35. The van der Waals surface area contributed by atoms with Gasteiger partial charge in [0, 0.05) is 24.3 Å². The van der Waals surface area contributed by atoms with E-state index in [-0.39, 0.29) is 24.2 Å². The normalized spacial score (nSPS) is 16.8. The van der Waals surface area contributed by atoms with Crippen molar-refractivity contribution < 1.29 is 14.3 Å². The number of rotatable bonds is 5. The second-order valence-electron chi connectivity index (χ2n) is 6.14. The predicted octanol–water partition coefficient (Wildman–Crippen LogP) is 3.39. The Kier molecular flexibility index (Phi) is 5.03. The van der Waals surface area contributed by atoms with Gasteiger partial charge in [-0.2, -0.15) is 0 Å². The van der Waals surface area contributed by atoms with Crippen LogP contribution < -0.4 is 15.0 Å². The van der Waals surface area contributed by atoms with E-state index >= 15 is 0 Å². The molecule has 2 amide bonds. The molecule has 3 rings (SSSR count). The number of ether oxygens (including phenoxy) is 1. The summed E-state index contributed by atoms with van der Waals surface area (Å²) < 4.78 is 5.42. The largest absolute Gasteiger partial charge is 0.494 e. The molecule has 5 heteroatoms. The van der Waals surface area contributed by atoms with Gasteiger partial charge in [0.2, 0.25) is 11.8 Å². The van der Waals surface area contributed by atoms with Crippen molar-refractivity contribution in [3.05, 3.63) is 54.1 Å². The van der Waals surface area contributed by atoms with Crippen LogP contribution in [-0.2, 0) is 9.59 Å². The zero-order valence-corrected chi connectivity index (χ0v) is 14.5. The average Bonchev–Trinajstić information content (AvgIpc) is 3.00. The summed E-state index contributed by atoms with van der Waals surface area (Å²) in [5.41, 5.74) is 2.59. The molecule has 0 unspecified atom stereocenters. The van der Waals surface area contributed by atoms with Gasteiger partial charge in [-0.05, 0) is 49.7 Å². The quantitative estimate of drug-likeness (QED) is 0.909. The fourth-order valence-corrected chi connectivity index (χ4v) is 2.97. The number of amides is 2. The molecule has 1 aliphatic heterocycles. The smallest absolute Gasteiger partial charge is 0.229 e. The van der Waals surface area contributed by atoms with E-state index < -0.39 is 0 Å². The van der Waals surface area contributed by atoms with E-state index in [0.29, 0.717) is 13.2 Å². The number of nitrogens with zero attached hydrogens (tertiary/aromatic N) is 1. The van der Waals surface area contributed by atoms with Crippen molar-refractivity contribution in [2.24, 2.45) is 5.92 Å². The summed E-state index contributed by atoms with van der Waals surface area (Å²) in [5.74, 6) is 0.274. The number of para-hydroxylation sites is 1. The molecular weight excluding hydrogens is 316 g/mol. The monoisotopic (exact) mass is 338 g/mol. The molecule has 5 nitrogen and oxygen atoms in total. The molecular formula is C20H22N2O3. The minimum Gasteiger partial charge on any atom is -0.494 e. The van der Waals surface area contributed by atoms with Crippen LogP contribution in [0.25, 0.3) is 0 Å². The number of anilines is 2. The first kappa shape index (κ1) is 17.0. The third-order valence-electron chi connectivity index (χ3n) is 4.36. The third-order valence-corrected chi connectivity index (χ3v) is 4.36. The summed E-state index contributed by atoms with van der Waals surface area (Å²) in [7, 11) is 0. The van der Waals surface area contributed by atoms with Crippen molar-refractivity contribution in [3.63, 3.8) is 0 Å². The molecule has 0 radical (unpaired) electrons. The SMILES string of the molecule is CCOc1ccc(N2C[C@H](C(=O)Nc3ccccc3C)CC2=O)cc1. The van der Waals surface area contributed by atoms with E-state index in [1.807, 2.05) is 62.4 Å². The van der Waals surface area contributed by atoms with Crippen molar-refractivity contribution in [2.45, 2.75) is 20.3 Å². The summed E-state index contributed by atoms with van der Waals surface area (Å²) in [6, 6.07) is 15.0. The Labute approximate surface area is 147 Å². The Morgan fingerprint density at radius 2 is 1.92 bits per heavy atom. The van der Waals surface area contributed by atoms with Gasteiger partial charge in [-0.15, -0.1) is 0 Å². The molecule has 1 fully saturated rings. The van der Waals surface area contributed by atoms with Gasteiger partial charge < -0.3 is 15.0 Å². The molecule has 0 spiro atoms. The molecule has 1 saturated heterocycles. The van der Waals surface area contributed by atoms with Gasteiger partial charge in [-0.25, -0.2) is 0 Å². The van der Waals surface area contributed by atoms with E-state index in [1.165, 1.54) is 0 Å². The fraction of sp³-hybridized carbons (Fsp3) is 0.300. The van der Waals surface area contributed by atoms with Crippen LogP contribution in [0.4, 0.5) is 11.4 Å². The number of carbonyl (C=O) groups excluding carboxylic acids is 2.